The minimum Gasteiger partial charge on any atom is -0.398 e. The minimum absolute atomic E-state index is 0.166. The summed E-state index contributed by atoms with van der Waals surface area (Å²) in [5.74, 6) is 0. The molecule has 0 spiro atoms. The van der Waals surface area contributed by atoms with Crippen molar-refractivity contribution in [2.75, 3.05) is 30.3 Å². The van der Waals surface area contributed by atoms with Crippen molar-refractivity contribution in [3.05, 3.63) is 23.8 Å². The smallest absolute Gasteiger partial charge is 0.255 e. The lowest BCUT2D eigenvalue weighted by Crippen LogP contribution is -2.32. The van der Waals surface area contributed by atoms with Crippen molar-refractivity contribution in [3.8, 4) is 0 Å². The van der Waals surface area contributed by atoms with E-state index in [1.807, 2.05) is 0 Å². The predicted molar refractivity (Wildman–Crippen MR) is 60.9 cm³/mol. The molecule has 90 valence electrons. The largest absolute Gasteiger partial charge is 0.398 e. The predicted octanol–water partition coefficient (Wildman–Crippen LogP) is 1.64. The third-order valence-electron chi connectivity index (χ3n) is 2.42. The minimum atomic E-state index is -2.44. The van der Waals surface area contributed by atoms with Gasteiger partial charge in [-0.1, -0.05) is 6.07 Å². The Bertz CT molecular complexity index is 345. The SMILES string of the molecule is Cc1c(N)cccc1N(CCO)CC(F)F. The molecule has 0 unspecified atom stereocenters. The molecular formula is C11H16F2N2O. The van der Waals surface area contributed by atoms with E-state index in [2.05, 4.69) is 0 Å². The zero-order valence-electron chi connectivity index (χ0n) is 9.16. The van der Waals surface area contributed by atoms with Crippen LogP contribution in [-0.4, -0.2) is 31.2 Å². The van der Waals surface area contributed by atoms with Crippen LogP contribution in [0.3, 0.4) is 0 Å². The van der Waals surface area contributed by atoms with E-state index in [1.165, 1.54) is 4.90 Å². The Morgan fingerprint density at radius 3 is 2.69 bits per heavy atom. The molecule has 0 aliphatic rings. The molecule has 0 radical (unpaired) electrons. The van der Waals surface area contributed by atoms with Crippen LogP contribution in [0.15, 0.2) is 18.2 Å². The monoisotopic (exact) mass is 230 g/mol. The molecule has 0 aromatic heterocycles. The molecule has 0 saturated carbocycles. The van der Waals surface area contributed by atoms with E-state index >= 15 is 0 Å². The highest BCUT2D eigenvalue weighted by Crippen LogP contribution is 2.25. The van der Waals surface area contributed by atoms with Gasteiger partial charge in [0.05, 0.1) is 13.2 Å². The molecule has 0 aliphatic carbocycles. The van der Waals surface area contributed by atoms with Crippen LogP contribution in [0.1, 0.15) is 5.56 Å². The Morgan fingerprint density at radius 2 is 2.12 bits per heavy atom. The van der Waals surface area contributed by atoms with Gasteiger partial charge in [0.15, 0.2) is 0 Å². The number of nitrogen functional groups attached to an aromatic ring is 1. The molecule has 1 aromatic carbocycles. The van der Waals surface area contributed by atoms with E-state index < -0.39 is 13.0 Å². The van der Waals surface area contributed by atoms with Gasteiger partial charge in [-0.05, 0) is 24.6 Å². The van der Waals surface area contributed by atoms with Gasteiger partial charge >= 0.3 is 0 Å². The number of hydrogen-bond donors (Lipinski definition) is 2. The molecule has 0 bridgehead atoms. The summed E-state index contributed by atoms with van der Waals surface area (Å²) >= 11 is 0. The van der Waals surface area contributed by atoms with Crippen molar-refractivity contribution in [1.29, 1.82) is 0 Å². The highest BCUT2D eigenvalue weighted by atomic mass is 19.3. The molecule has 0 heterocycles. The van der Waals surface area contributed by atoms with Crippen LogP contribution in [0.2, 0.25) is 0 Å². The first-order chi connectivity index (χ1) is 7.56. The van der Waals surface area contributed by atoms with Crippen molar-refractivity contribution in [2.45, 2.75) is 13.3 Å². The van der Waals surface area contributed by atoms with Crippen molar-refractivity contribution in [1.82, 2.24) is 0 Å². The maximum absolute atomic E-state index is 12.4. The Balaban J connectivity index is 2.96. The summed E-state index contributed by atoms with van der Waals surface area (Å²) < 4.78 is 24.7. The maximum atomic E-state index is 12.4. The Hall–Kier alpha value is -1.36. The summed E-state index contributed by atoms with van der Waals surface area (Å²) in [4.78, 5) is 1.44. The molecule has 0 amide bonds. The van der Waals surface area contributed by atoms with E-state index in [0.717, 1.165) is 5.56 Å². The summed E-state index contributed by atoms with van der Waals surface area (Å²) in [7, 11) is 0. The van der Waals surface area contributed by atoms with Gasteiger partial charge in [-0.3, -0.25) is 0 Å². The van der Waals surface area contributed by atoms with Gasteiger partial charge < -0.3 is 15.7 Å². The highest BCUT2D eigenvalue weighted by Gasteiger charge is 2.14. The van der Waals surface area contributed by atoms with E-state index in [0.29, 0.717) is 11.4 Å². The molecule has 16 heavy (non-hydrogen) atoms. The highest BCUT2D eigenvalue weighted by molar-refractivity contribution is 5.64. The Labute approximate surface area is 93.5 Å². The van der Waals surface area contributed by atoms with E-state index in [1.54, 1.807) is 25.1 Å². The average molecular weight is 230 g/mol. The maximum Gasteiger partial charge on any atom is 0.255 e. The fourth-order valence-corrected chi connectivity index (χ4v) is 1.58. The molecule has 0 fully saturated rings. The van der Waals surface area contributed by atoms with Gasteiger partial charge in [0.2, 0.25) is 0 Å². The molecule has 0 aliphatic heterocycles. The summed E-state index contributed by atoms with van der Waals surface area (Å²) in [6.45, 7) is 1.39. The number of rotatable bonds is 5. The van der Waals surface area contributed by atoms with E-state index in [4.69, 9.17) is 10.8 Å². The van der Waals surface area contributed by atoms with E-state index in [-0.39, 0.29) is 13.2 Å². The fourth-order valence-electron chi connectivity index (χ4n) is 1.58. The number of nitrogens with zero attached hydrogens (tertiary/aromatic N) is 1. The van der Waals surface area contributed by atoms with Crippen LogP contribution in [-0.2, 0) is 0 Å². The molecule has 0 saturated heterocycles. The Kier molecular flexibility index (Phi) is 4.49. The van der Waals surface area contributed by atoms with Crippen molar-refractivity contribution < 1.29 is 13.9 Å². The Morgan fingerprint density at radius 1 is 1.44 bits per heavy atom. The lowest BCUT2D eigenvalue weighted by Gasteiger charge is -2.25. The zero-order valence-corrected chi connectivity index (χ0v) is 9.16. The average Bonchev–Trinajstić information content (AvgIpc) is 2.21. The molecule has 5 heteroatoms. The standard InChI is InChI=1S/C11H16F2N2O/c1-8-9(14)3-2-4-10(8)15(5-6-16)7-11(12)13/h2-4,11,16H,5-7,14H2,1H3. The first-order valence-corrected chi connectivity index (χ1v) is 5.05. The lowest BCUT2D eigenvalue weighted by molar-refractivity contribution is 0.153. The van der Waals surface area contributed by atoms with Crippen LogP contribution in [0.5, 0.6) is 0 Å². The number of aliphatic hydroxyl groups excluding tert-OH is 1. The topological polar surface area (TPSA) is 49.5 Å². The summed E-state index contributed by atoms with van der Waals surface area (Å²) in [6.07, 6.45) is -2.44. The number of alkyl halides is 2. The number of hydrogen-bond acceptors (Lipinski definition) is 3. The van der Waals surface area contributed by atoms with E-state index in [9.17, 15) is 8.78 Å². The molecule has 1 rings (SSSR count). The van der Waals surface area contributed by atoms with Gasteiger partial charge in [-0.2, -0.15) is 0 Å². The molecule has 0 atom stereocenters. The van der Waals surface area contributed by atoms with Gasteiger partial charge in [0, 0.05) is 17.9 Å². The van der Waals surface area contributed by atoms with Crippen LogP contribution in [0.4, 0.5) is 20.2 Å². The van der Waals surface area contributed by atoms with Gasteiger partial charge in [-0.25, -0.2) is 8.78 Å². The van der Waals surface area contributed by atoms with Crippen molar-refractivity contribution in [3.63, 3.8) is 0 Å². The van der Waals surface area contributed by atoms with Crippen molar-refractivity contribution in [2.24, 2.45) is 0 Å². The lowest BCUT2D eigenvalue weighted by atomic mass is 10.1. The van der Waals surface area contributed by atoms with Gasteiger partial charge in [-0.15, -0.1) is 0 Å². The fraction of sp³-hybridized carbons (Fsp3) is 0.455. The number of halogens is 2. The van der Waals surface area contributed by atoms with Crippen LogP contribution >= 0.6 is 0 Å². The van der Waals surface area contributed by atoms with Gasteiger partial charge in [0.1, 0.15) is 0 Å². The summed E-state index contributed by atoms with van der Waals surface area (Å²) in [5, 5.41) is 8.85. The first-order valence-electron chi connectivity index (χ1n) is 5.05. The van der Waals surface area contributed by atoms with Crippen molar-refractivity contribution >= 4 is 11.4 Å². The second kappa shape index (κ2) is 5.65. The number of anilines is 2. The number of nitrogens with two attached hydrogens (primary N) is 1. The van der Waals surface area contributed by atoms with Gasteiger partial charge in [0.25, 0.3) is 6.43 Å². The third-order valence-corrected chi connectivity index (χ3v) is 2.42. The quantitative estimate of drug-likeness (QED) is 0.756. The third kappa shape index (κ3) is 3.06. The first kappa shape index (κ1) is 12.7. The summed E-state index contributed by atoms with van der Waals surface area (Å²) in [6, 6.07) is 5.16. The molecule has 3 nitrogen and oxygen atoms in total. The number of benzene rings is 1. The normalized spacial score (nSPS) is 10.8. The number of aliphatic hydroxyl groups is 1. The second-order valence-electron chi connectivity index (χ2n) is 3.55. The summed E-state index contributed by atoms with van der Waals surface area (Å²) in [5.41, 5.74) is 7.68. The van der Waals surface area contributed by atoms with Crippen LogP contribution < -0.4 is 10.6 Å². The molecule has 1 aromatic rings. The second-order valence-corrected chi connectivity index (χ2v) is 3.55. The molecule has 3 N–H and O–H groups in total. The van der Waals surface area contributed by atoms with Crippen LogP contribution in [0.25, 0.3) is 0 Å². The molecular weight excluding hydrogens is 214 g/mol. The van der Waals surface area contributed by atoms with Crippen LogP contribution in [0, 0.1) is 6.92 Å². The zero-order chi connectivity index (χ0) is 12.1.